The van der Waals surface area contributed by atoms with Crippen LogP contribution in [0.3, 0.4) is 0 Å². The predicted molar refractivity (Wildman–Crippen MR) is 71.6 cm³/mol. The smallest absolute Gasteiger partial charge is 0.321 e. The average Bonchev–Trinajstić information content (AvgIpc) is 3.19. The number of nitrogens with zero attached hydrogens (tertiary/aromatic N) is 1. The van der Waals surface area contributed by atoms with Crippen molar-refractivity contribution in [2.75, 3.05) is 7.11 Å². The van der Waals surface area contributed by atoms with Gasteiger partial charge in [-0.1, -0.05) is 0 Å². The van der Waals surface area contributed by atoms with Crippen LogP contribution in [0, 0.1) is 11.2 Å². The molecule has 1 aliphatic rings. The van der Waals surface area contributed by atoms with Gasteiger partial charge in [0.15, 0.2) is 0 Å². The standard InChI is InChI=1S/C14H14FN3O3/c1-21-13(20)14(4-5-14)12(19)16-7-11-17-9-3-2-8(15)6-10(9)18-11/h2-3,6H,4-5,7H2,1H3,(H,16,19)(H,17,18). The summed E-state index contributed by atoms with van der Waals surface area (Å²) < 4.78 is 17.7. The molecule has 2 N–H and O–H groups in total. The Morgan fingerprint density at radius 2 is 2.24 bits per heavy atom. The van der Waals surface area contributed by atoms with E-state index in [2.05, 4.69) is 20.0 Å². The molecule has 1 amide bonds. The number of esters is 1. The summed E-state index contributed by atoms with van der Waals surface area (Å²) in [6.45, 7) is 0.147. The Kier molecular flexibility index (Phi) is 3.12. The minimum absolute atomic E-state index is 0.147. The summed E-state index contributed by atoms with van der Waals surface area (Å²) in [5.74, 6) is -0.721. The SMILES string of the molecule is COC(=O)C1(C(=O)NCc2nc3ccc(F)cc3[nH]2)CC1. The number of ether oxygens (including phenoxy) is 1. The van der Waals surface area contributed by atoms with Crippen LogP contribution in [0.5, 0.6) is 0 Å². The molecule has 0 atom stereocenters. The Morgan fingerprint density at radius 3 is 2.90 bits per heavy atom. The second-order valence-electron chi connectivity index (χ2n) is 5.10. The van der Waals surface area contributed by atoms with Gasteiger partial charge < -0.3 is 15.0 Å². The van der Waals surface area contributed by atoms with Gasteiger partial charge in [-0.2, -0.15) is 0 Å². The lowest BCUT2D eigenvalue weighted by atomic mass is 10.1. The lowest BCUT2D eigenvalue weighted by Crippen LogP contribution is -2.37. The minimum Gasteiger partial charge on any atom is -0.468 e. The van der Waals surface area contributed by atoms with E-state index in [9.17, 15) is 14.0 Å². The van der Waals surface area contributed by atoms with Crippen LogP contribution in [0.1, 0.15) is 18.7 Å². The zero-order chi connectivity index (χ0) is 15.0. The van der Waals surface area contributed by atoms with Crippen molar-refractivity contribution in [3.63, 3.8) is 0 Å². The van der Waals surface area contributed by atoms with Gasteiger partial charge in [0.2, 0.25) is 5.91 Å². The van der Waals surface area contributed by atoms with Gasteiger partial charge in [0.25, 0.3) is 0 Å². The van der Waals surface area contributed by atoms with E-state index in [0.29, 0.717) is 29.7 Å². The fourth-order valence-electron chi connectivity index (χ4n) is 2.30. The predicted octanol–water partition coefficient (Wildman–Crippen LogP) is 1.27. The number of aromatic amines is 1. The molecule has 1 heterocycles. The summed E-state index contributed by atoms with van der Waals surface area (Å²) in [7, 11) is 1.27. The molecule has 110 valence electrons. The van der Waals surface area contributed by atoms with Gasteiger partial charge in [-0.15, -0.1) is 0 Å². The van der Waals surface area contributed by atoms with Gasteiger partial charge in [0.1, 0.15) is 17.1 Å². The van der Waals surface area contributed by atoms with Crippen LogP contribution in [-0.4, -0.2) is 29.0 Å². The number of hydrogen-bond donors (Lipinski definition) is 2. The zero-order valence-electron chi connectivity index (χ0n) is 11.4. The first-order valence-electron chi connectivity index (χ1n) is 6.56. The molecule has 1 aromatic carbocycles. The van der Waals surface area contributed by atoms with E-state index in [1.807, 2.05) is 0 Å². The number of amides is 1. The molecular weight excluding hydrogens is 277 g/mol. The van der Waals surface area contributed by atoms with Gasteiger partial charge in [0, 0.05) is 0 Å². The highest BCUT2D eigenvalue weighted by Crippen LogP contribution is 2.46. The van der Waals surface area contributed by atoms with Crippen molar-refractivity contribution >= 4 is 22.9 Å². The van der Waals surface area contributed by atoms with Crippen molar-refractivity contribution in [1.82, 2.24) is 15.3 Å². The molecule has 3 rings (SSSR count). The summed E-state index contributed by atoms with van der Waals surface area (Å²) in [5.41, 5.74) is 0.149. The van der Waals surface area contributed by atoms with E-state index in [0.717, 1.165) is 0 Å². The molecule has 0 radical (unpaired) electrons. The second-order valence-corrected chi connectivity index (χ2v) is 5.10. The van der Waals surface area contributed by atoms with Crippen LogP contribution in [0.15, 0.2) is 18.2 Å². The number of hydrogen-bond acceptors (Lipinski definition) is 4. The second kappa shape index (κ2) is 4.83. The summed E-state index contributed by atoms with van der Waals surface area (Å²) in [6, 6.07) is 4.22. The molecular formula is C14H14FN3O3. The summed E-state index contributed by atoms with van der Waals surface area (Å²) >= 11 is 0. The van der Waals surface area contributed by atoms with E-state index in [4.69, 9.17) is 0 Å². The highest BCUT2D eigenvalue weighted by molar-refractivity contribution is 6.05. The van der Waals surface area contributed by atoms with Gasteiger partial charge in [-0.05, 0) is 31.0 Å². The number of nitrogens with one attached hydrogen (secondary N) is 2. The molecule has 0 spiro atoms. The largest absolute Gasteiger partial charge is 0.468 e. The van der Waals surface area contributed by atoms with Crippen LogP contribution >= 0.6 is 0 Å². The molecule has 2 aromatic rings. The molecule has 0 aliphatic heterocycles. The maximum Gasteiger partial charge on any atom is 0.321 e. The molecule has 21 heavy (non-hydrogen) atoms. The quantitative estimate of drug-likeness (QED) is 0.656. The summed E-state index contributed by atoms with van der Waals surface area (Å²) in [6.07, 6.45) is 0.994. The van der Waals surface area contributed by atoms with Crippen LogP contribution in [0.4, 0.5) is 4.39 Å². The van der Waals surface area contributed by atoms with E-state index < -0.39 is 11.4 Å². The number of benzene rings is 1. The Balaban J connectivity index is 1.69. The average molecular weight is 291 g/mol. The third-order valence-corrected chi connectivity index (χ3v) is 3.67. The van der Waals surface area contributed by atoms with E-state index in [1.165, 1.54) is 19.2 Å². The van der Waals surface area contributed by atoms with Crippen LogP contribution < -0.4 is 5.32 Å². The Bertz CT molecular complexity index is 721. The first kappa shape index (κ1) is 13.5. The number of fused-ring (bicyclic) bond motifs is 1. The van der Waals surface area contributed by atoms with Crippen LogP contribution in [0.2, 0.25) is 0 Å². The number of halogens is 1. The van der Waals surface area contributed by atoms with Gasteiger partial charge in [0.05, 0.1) is 24.7 Å². The maximum absolute atomic E-state index is 13.1. The molecule has 0 unspecified atom stereocenters. The number of imidazole rings is 1. The lowest BCUT2D eigenvalue weighted by Gasteiger charge is -2.11. The van der Waals surface area contributed by atoms with Crippen molar-refractivity contribution in [3.05, 3.63) is 29.8 Å². The van der Waals surface area contributed by atoms with Gasteiger partial charge in [-0.25, -0.2) is 9.37 Å². The fraction of sp³-hybridized carbons (Fsp3) is 0.357. The lowest BCUT2D eigenvalue weighted by molar-refractivity contribution is -0.152. The highest BCUT2D eigenvalue weighted by atomic mass is 19.1. The van der Waals surface area contributed by atoms with E-state index >= 15 is 0 Å². The number of carbonyl (C=O) groups is 2. The normalized spacial score (nSPS) is 15.7. The van der Waals surface area contributed by atoms with Crippen molar-refractivity contribution in [3.8, 4) is 0 Å². The molecule has 0 bridgehead atoms. The molecule has 7 heteroatoms. The van der Waals surface area contributed by atoms with Crippen molar-refractivity contribution in [2.45, 2.75) is 19.4 Å². The number of rotatable bonds is 4. The molecule has 1 saturated carbocycles. The Hall–Kier alpha value is -2.44. The highest BCUT2D eigenvalue weighted by Gasteiger charge is 2.57. The molecule has 1 aliphatic carbocycles. The van der Waals surface area contributed by atoms with E-state index in [-0.39, 0.29) is 18.3 Å². The number of methoxy groups -OCH3 is 1. The third-order valence-electron chi connectivity index (χ3n) is 3.67. The molecule has 1 aromatic heterocycles. The Labute approximate surface area is 119 Å². The number of aromatic nitrogens is 2. The topological polar surface area (TPSA) is 84.1 Å². The summed E-state index contributed by atoms with van der Waals surface area (Å²) in [5, 5.41) is 2.67. The first-order chi connectivity index (χ1) is 10.0. The monoisotopic (exact) mass is 291 g/mol. The van der Waals surface area contributed by atoms with Crippen molar-refractivity contribution < 1.29 is 18.7 Å². The van der Waals surface area contributed by atoms with Crippen molar-refractivity contribution in [1.29, 1.82) is 0 Å². The summed E-state index contributed by atoms with van der Waals surface area (Å²) in [4.78, 5) is 30.8. The molecule has 6 nitrogen and oxygen atoms in total. The number of carbonyl (C=O) groups excluding carboxylic acids is 2. The zero-order valence-corrected chi connectivity index (χ0v) is 11.4. The van der Waals surface area contributed by atoms with Crippen LogP contribution in [-0.2, 0) is 20.9 Å². The molecule has 0 saturated heterocycles. The first-order valence-corrected chi connectivity index (χ1v) is 6.56. The van der Waals surface area contributed by atoms with Crippen molar-refractivity contribution in [2.24, 2.45) is 5.41 Å². The van der Waals surface area contributed by atoms with Gasteiger partial charge >= 0.3 is 5.97 Å². The third kappa shape index (κ3) is 2.35. The van der Waals surface area contributed by atoms with E-state index in [1.54, 1.807) is 6.07 Å². The number of H-pyrrole nitrogens is 1. The molecule has 1 fully saturated rings. The maximum atomic E-state index is 13.1. The van der Waals surface area contributed by atoms with Gasteiger partial charge in [-0.3, -0.25) is 9.59 Å². The minimum atomic E-state index is -1.03. The Morgan fingerprint density at radius 1 is 1.48 bits per heavy atom. The fourth-order valence-corrected chi connectivity index (χ4v) is 2.30. The van der Waals surface area contributed by atoms with Crippen LogP contribution in [0.25, 0.3) is 11.0 Å².